The second-order valence-electron chi connectivity index (χ2n) is 5.30. The SMILES string of the molecule is CCCCS(=O)(=O)c1ccc(C(=O)NCCCCC(=O)O)cc1. The summed E-state index contributed by atoms with van der Waals surface area (Å²) >= 11 is 0. The highest BCUT2D eigenvalue weighted by Crippen LogP contribution is 2.14. The zero-order valence-electron chi connectivity index (χ0n) is 13.2. The molecule has 1 aromatic rings. The fraction of sp³-hybridized carbons (Fsp3) is 0.500. The highest BCUT2D eigenvalue weighted by atomic mass is 32.2. The maximum absolute atomic E-state index is 12.0. The van der Waals surface area contributed by atoms with Gasteiger partial charge < -0.3 is 10.4 Å². The van der Waals surface area contributed by atoms with Crippen LogP contribution >= 0.6 is 0 Å². The lowest BCUT2D eigenvalue weighted by molar-refractivity contribution is -0.137. The average Bonchev–Trinajstić information content (AvgIpc) is 2.52. The van der Waals surface area contributed by atoms with Crippen molar-refractivity contribution in [1.29, 1.82) is 0 Å². The van der Waals surface area contributed by atoms with Crippen LogP contribution in [0.25, 0.3) is 0 Å². The van der Waals surface area contributed by atoms with E-state index in [9.17, 15) is 18.0 Å². The minimum absolute atomic E-state index is 0.0835. The van der Waals surface area contributed by atoms with Gasteiger partial charge in [-0.05, 0) is 43.5 Å². The Morgan fingerprint density at radius 3 is 2.30 bits per heavy atom. The Morgan fingerprint density at radius 1 is 1.09 bits per heavy atom. The number of hydrogen-bond acceptors (Lipinski definition) is 4. The number of sulfone groups is 1. The van der Waals surface area contributed by atoms with Crippen molar-refractivity contribution in [2.24, 2.45) is 0 Å². The van der Waals surface area contributed by atoms with Crippen molar-refractivity contribution < 1.29 is 23.1 Å². The van der Waals surface area contributed by atoms with Crippen molar-refractivity contribution in [2.75, 3.05) is 12.3 Å². The van der Waals surface area contributed by atoms with E-state index in [4.69, 9.17) is 5.11 Å². The van der Waals surface area contributed by atoms with Gasteiger partial charge in [0, 0.05) is 18.5 Å². The van der Waals surface area contributed by atoms with Crippen molar-refractivity contribution in [3.05, 3.63) is 29.8 Å². The third-order valence-corrected chi connectivity index (χ3v) is 5.16. The molecule has 0 aliphatic carbocycles. The Labute approximate surface area is 136 Å². The van der Waals surface area contributed by atoms with Crippen LogP contribution in [0.2, 0.25) is 0 Å². The number of unbranched alkanes of at least 4 members (excludes halogenated alkanes) is 2. The summed E-state index contributed by atoms with van der Waals surface area (Å²) < 4.78 is 24.0. The van der Waals surface area contributed by atoms with Gasteiger partial charge >= 0.3 is 5.97 Å². The summed E-state index contributed by atoms with van der Waals surface area (Å²) in [6.07, 6.45) is 2.59. The lowest BCUT2D eigenvalue weighted by Crippen LogP contribution is -2.24. The summed E-state index contributed by atoms with van der Waals surface area (Å²) in [6.45, 7) is 2.32. The fourth-order valence-electron chi connectivity index (χ4n) is 1.97. The number of carboxylic acid groups (broad SMARTS) is 1. The van der Waals surface area contributed by atoms with Gasteiger partial charge in [0.05, 0.1) is 10.6 Å². The largest absolute Gasteiger partial charge is 0.481 e. The van der Waals surface area contributed by atoms with Crippen LogP contribution in [0.15, 0.2) is 29.2 Å². The minimum atomic E-state index is -3.28. The van der Waals surface area contributed by atoms with Crippen molar-refractivity contribution in [3.63, 3.8) is 0 Å². The third-order valence-electron chi connectivity index (χ3n) is 3.35. The molecule has 0 atom stereocenters. The van der Waals surface area contributed by atoms with Crippen LogP contribution in [0.3, 0.4) is 0 Å². The zero-order valence-corrected chi connectivity index (χ0v) is 14.1. The van der Waals surface area contributed by atoms with E-state index in [1.165, 1.54) is 24.3 Å². The van der Waals surface area contributed by atoms with Crippen molar-refractivity contribution in [3.8, 4) is 0 Å². The molecule has 7 heteroatoms. The quantitative estimate of drug-likeness (QED) is 0.636. The minimum Gasteiger partial charge on any atom is -0.481 e. The van der Waals surface area contributed by atoms with E-state index in [0.717, 1.165) is 6.42 Å². The summed E-state index contributed by atoms with van der Waals surface area (Å²) in [5.41, 5.74) is 0.387. The maximum Gasteiger partial charge on any atom is 0.303 e. The highest BCUT2D eigenvalue weighted by Gasteiger charge is 2.14. The van der Waals surface area contributed by atoms with Crippen LogP contribution in [0.5, 0.6) is 0 Å². The van der Waals surface area contributed by atoms with Gasteiger partial charge in [-0.1, -0.05) is 13.3 Å². The molecule has 0 radical (unpaired) electrons. The number of aliphatic carboxylic acids is 1. The topological polar surface area (TPSA) is 101 Å². The molecule has 2 N–H and O–H groups in total. The van der Waals surface area contributed by atoms with E-state index in [0.29, 0.717) is 31.4 Å². The van der Waals surface area contributed by atoms with Crippen LogP contribution in [-0.4, -0.2) is 37.7 Å². The van der Waals surface area contributed by atoms with E-state index >= 15 is 0 Å². The molecule has 0 spiro atoms. The number of carbonyl (C=O) groups is 2. The monoisotopic (exact) mass is 341 g/mol. The predicted molar refractivity (Wildman–Crippen MR) is 87.2 cm³/mol. The number of hydrogen-bond donors (Lipinski definition) is 2. The second-order valence-corrected chi connectivity index (χ2v) is 7.41. The third kappa shape index (κ3) is 6.81. The van der Waals surface area contributed by atoms with E-state index in [-0.39, 0.29) is 23.0 Å². The van der Waals surface area contributed by atoms with Gasteiger partial charge in [0.2, 0.25) is 0 Å². The van der Waals surface area contributed by atoms with Crippen LogP contribution in [0.1, 0.15) is 49.4 Å². The first-order valence-corrected chi connectivity index (χ1v) is 9.35. The molecule has 0 aliphatic rings. The molecule has 0 bridgehead atoms. The van der Waals surface area contributed by atoms with Gasteiger partial charge in [-0.2, -0.15) is 0 Å². The molecular formula is C16H23NO5S. The Hall–Kier alpha value is -1.89. The van der Waals surface area contributed by atoms with E-state index < -0.39 is 15.8 Å². The molecule has 1 amide bonds. The molecule has 1 rings (SSSR count). The molecule has 23 heavy (non-hydrogen) atoms. The molecule has 0 unspecified atom stereocenters. The smallest absolute Gasteiger partial charge is 0.303 e. The molecule has 0 aliphatic heterocycles. The molecule has 0 fully saturated rings. The number of carbonyl (C=O) groups excluding carboxylic acids is 1. The van der Waals surface area contributed by atoms with E-state index in [2.05, 4.69) is 5.32 Å². The second kappa shape index (κ2) is 9.29. The van der Waals surface area contributed by atoms with Crippen molar-refractivity contribution in [2.45, 2.75) is 43.9 Å². The standard InChI is InChI=1S/C16H23NO5S/c1-2-3-12-23(21,22)14-9-7-13(8-10-14)16(20)17-11-5-4-6-15(18)19/h7-10H,2-6,11-12H2,1H3,(H,17,20)(H,18,19). The Kier molecular flexibility index (Phi) is 7.74. The maximum atomic E-state index is 12.0. The van der Waals surface area contributed by atoms with Gasteiger partial charge in [0.25, 0.3) is 5.91 Å². The first-order chi connectivity index (χ1) is 10.9. The number of amides is 1. The molecule has 1 aromatic carbocycles. The number of carboxylic acids is 1. The van der Waals surface area contributed by atoms with E-state index in [1.54, 1.807) is 0 Å². The zero-order chi connectivity index (χ0) is 17.3. The average molecular weight is 341 g/mol. The highest BCUT2D eigenvalue weighted by molar-refractivity contribution is 7.91. The van der Waals surface area contributed by atoms with E-state index in [1.807, 2.05) is 6.92 Å². The van der Waals surface area contributed by atoms with Crippen molar-refractivity contribution >= 4 is 21.7 Å². The molecule has 0 saturated heterocycles. The summed E-state index contributed by atoms with van der Waals surface area (Å²) in [5, 5.41) is 11.2. The number of nitrogens with one attached hydrogen (secondary N) is 1. The van der Waals surface area contributed by atoms with Crippen LogP contribution in [-0.2, 0) is 14.6 Å². The van der Waals surface area contributed by atoms with Crippen LogP contribution in [0.4, 0.5) is 0 Å². The predicted octanol–water partition coefficient (Wildman–Crippen LogP) is 2.25. The number of benzene rings is 1. The summed E-state index contributed by atoms with van der Waals surface area (Å²) in [6, 6.07) is 5.88. The first kappa shape index (κ1) is 19.2. The molecule has 128 valence electrons. The molecule has 6 nitrogen and oxygen atoms in total. The summed E-state index contributed by atoms with van der Waals surface area (Å²) in [7, 11) is -3.28. The van der Waals surface area contributed by atoms with Crippen LogP contribution in [0, 0.1) is 0 Å². The molecule has 0 saturated carbocycles. The summed E-state index contributed by atoms with van der Waals surface area (Å²) in [5.74, 6) is -1.03. The lowest BCUT2D eigenvalue weighted by atomic mass is 10.2. The van der Waals surface area contributed by atoms with Gasteiger partial charge in [-0.15, -0.1) is 0 Å². The van der Waals surface area contributed by atoms with Gasteiger partial charge in [0.15, 0.2) is 9.84 Å². The van der Waals surface area contributed by atoms with Gasteiger partial charge in [0.1, 0.15) is 0 Å². The fourth-order valence-corrected chi connectivity index (χ4v) is 3.43. The molecular weight excluding hydrogens is 318 g/mol. The molecule has 0 aromatic heterocycles. The normalized spacial score (nSPS) is 11.2. The van der Waals surface area contributed by atoms with Gasteiger partial charge in [-0.3, -0.25) is 9.59 Å². The van der Waals surface area contributed by atoms with Crippen molar-refractivity contribution in [1.82, 2.24) is 5.32 Å². The Balaban J connectivity index is 2.52. The Bertz CT molecular complexity index is 622. The Morgan fingerprint density at radius 2 is 1.74 bits per heavy atom. The van der Waals surface area contributed by atoms with Gasteiger partial charge in [-0.25, -0.2) is 8.42 Å². The molecule has 0 heterocycles. The lowest BCUT2D eigenvalue weighted by Gasteiger charge is -2.07. The summed E-state index contributed by atoms with van der Waals surface area (Å²) in [4.78, 5) is 22.5. The number of rotatable bonds is 10. The first-order valence-electron chi connectivity index (χ1n) is 7.69. The van der Waals surface area contributed by atoms with Crippen LogP contribution < -0.4 is 5.32 Å².